The maximum absolute atomic E-state index is 8.45. The lowest BCUT2D eigenvalue weighted by Crippen LogP contribution is -2.41. The van der Waals surface area contributed by atoms with Crippen molar-refractivity contribution in [3.63, 3.8) is 0 Å². The topological polar surface area (TPSA) is 79.6 Å². The monoisotopic (exact) mass is 408 g/mol. The number of rotatable bonds is 17. The Morgan fingerprint density at radius 3 is 1.41 bits per heavy atom. The number of nitrogens with one attached hydrogen (secondary N) is 1. The fourth-order valence-corrected chi connectivity index (χ4v) is 2.06. The van der Waals surface area contributed by atoms with Crippen LogP contribution in [0.3, 0.4) is 0 Å². The van der Waals surface area contributed by atoms with Crippen molar-refractivity contribution in [2.45, 2.75) is 13.8 Å². The van der Waals surface area contributed by atoms with Crippen LogP contribution in [0.1, 0.15) is 13.8 Å². The molecule has 0 amide bonds. The van der Waals surface area contributed by atoms with Crippen LogP contribution in [0, 0.1) is 11.3 Å². The molecule has 1 N–H and O–H groups in total. The molecule has 0 saturated carbocycles. The van der Waals surface area contributed by atoms with Crippen molar-refractivity contribution in [1.82, 2.24) is 9.80 Å². The summed E-state index contributed by atoms with van der Waals surface area (Å²) in [5.74, 6) is 0.694. The predicted molar refractivity (Wildman–Crippen MR) is 118 cm³/mol. The number of hydrogen-bond acceptors (Lipinski definition) is 5. The Kier molecular flexibility index (Phi) is 16.4. The van der Waals surface area contributed by atoms with E-state index < -0.39 is 0 Å². The molecule has 0 saturated heterocycles. The summed E-state index contributed by atoms with van der Waals surface area (Å²) in [6.07, 6.45) is 6.63. The van der Waals surface area contributed by atoms with Crippen molar-refractivity contribution in [2.75, 3.05) is 53.4 Å². The van der Waals surface area contributed by atoms with Crippen LogP contribution in [0.4, 0.5) is 0 Å². The van der Waals surface area contributed by atoms with Crippen LogP contribution >= 0.6 is 0 Å². The highest BCUT2D eigenvalue weighted by Crippen LogP contribution is 2.08. The van der Waals surface area contributed by atoms with Crippen LogP contribution in [0.2, 0.25) is 0 Å². The Hall–Kier alpha value is -2.26. The van der Waals surface area contributed by atoms with Gasteiger partial charge in [-0.25, -0.2) is 0 Å². The minimum Gasteiger partial charge on any atom is -0.357 e. The van der Waals surface area contributed by atoms with E-state index in [1.54, 1.807) is 29.2 Å². The third-order valence-electron chi connectivity index (χ3n) is 3.29. The molecule has 0 aliphatic heterocycles. The maximum Gasteiger partial charge on any atom is 0.223 e. The van der Waals surface area contributed by atoms with Gasteiger partial charge in [0.1, 0.15) is 32.8 Å². The maximum atomic E-state index is 8.45. The molecule has 8 heteroatoms. The van der Waals surface area contributed by atoms with Crippen LogP contribution in [-0.4, -0.2) is 74.9 Å². The van der Waals surface area contributed by atoms with Crippen molar-refractivity contribution in [3.8, 4) is 0 Å². The van der Waals surface area contributed by atoms with Gasteiger partial charge >= 0.3 is 0 Å². The summed E-state index contributed by atoms with van der Waals surface area (Å²) < 4.78 is 22.1. The van der Waals surface area contributed by atoms with Gasteiger partial charge in [0.15, 0.2) is 0 Å². The smallest absolute Gasteiger partial charge is 0.223 e. The Morgan fingerprint density at radius 1 is 0.759 bits per heavy atom. The highest BCUT2D eigenvalue weighted by molar-refractivity contribution is 5.95. The number of hydrogen-bond donors (Lipinski definition) is 1. The first-order chi connectivity index (χ1) is 14.0. The summed E-state index contributed by atoms with van der Waals surface area (Å²) in [4.78, 5) is 7.93. The van der Waals surface area contributed by atoms with E-state index in [1.165, 1.54) is 0 Å². The Bertz CT molecular complexity index is 507. The number of aliphatic imine (C=N–C) groups is 1. The summed E-state index contributed by atoms with van der Waals surface area (Å²) in [7, 11) is 0. The van der Waals surface area contributed by atoms with Crippen LogP contribution in [0.15, 0.2) is 55.6 Å². The zero-order chi connectivity index (χ0) is 21.9. The first kappa shape index (κ1) is 26.7. The van der Waals surface area contributed by atoms with E-state index in [0.29, 0.717) is 32.3 Å². The van der Waals surface area contributed by atoms with Gasteiger partial charge in [-0.2, -0.15) is 4.99 Å². The zero-order valence-electron chi connectivity index (χ0n) is 17.8. The number of amidine groups is 1. The van der Waals surface area contributed by atoms with Crippen molar-refractivity contribution >= 4 is 11.8 Å². The average molecular weight is 409 g/mol. The van der Waals surface area contributed by atoms with Gasteiger partial charge in [-0.1, -0.05) is 38.2 Å². The number of ether oxygens (including phenoxy) is 4. The van der Waals surface area contributed by atoms with E-state index in [4.69, 9.17) is 24.4 Å². The lowest BCUT2D eigenvalue weighted by atomic mass is 10.2. The molecule has 29 heavy (non-hydrogen) atoms. The highest BCUT2D eigenvalue weighted by atomic mass is 16.5. The molecule has 164 valence electrons. The Balaban J connectivity index is 5.40. The van der Waals surface area contributed by atoms with E-state index in [1.807, 2.05) is 18.7 Å². The van der Waals surface area contributed by atoms with Crippen LogP contribution in [0.5, 0.6) is 0 Å². The van der Waals surface area contributed by atoms with E-state index in [2.05, 4.69) is 31.3 Å². The Labute approximate surface area is 175 Å². The summed E-state index contributed by atoms with van der Waals surface area (Å²) >= 11 is 0. The Morgan fingerprint density at radius 2 is 1.10 bits per heavy atom. The molecule has 0 aromatic rings. The molecule has 0 aliphatic carbocycles. The molecule has 0 aromatic carbocycles. The van der Waals surface area contributed by atoms with Gasteiger partial charge in [0.05, 0.1) is 26.4 Å². The zero-order valence-corrected chi connectivity index (χ0v) is 17.8. The summed E-state index contributed by atoms with van der Waals surface area (Å²) in [5, 5.41) is 8.45. The summed E-state index contributed by atoms with van der Waals surface area (Å²) in [6, 6.07) is 0. The SMILES string of the molecule is C=CCOCN(COCC=C)C(=N)N=C(C(C)C)N(COCC=C)COCC=C. The standard InChI is InChI=1S/C21H36N4O4/c1-7-11-26-15-24(16-27-12-8-2)20(19(5)6)23-21(22)25(17-28-13-9-3)18-29-14-10-4/h7-10,19,22H,1-4,11-18H2,5-6H3. The molecule has 0 spiro atoms. The minimum atomic E-state index is 0.0132. The molecule has 8 nitrogen and oxygen atoms in total. The molecule has 0 aromatic heterocycles. The molecule has 0 rings (SSSR count). The lowest BCUT2D eigenvalue weighted by molar-refractivity contribution is 0.00486. The summed E-state index contributed by atoms with van der Waals surface area (Å²) in [5.41, 5.74) is 0. The van der Waals surface area contributed by atoms with Gasteiger partial charge in [0.2, 0.25) is 5.96 Å². The molecule has 0 fully saturated rings. The molecule has 0 radical (unpaired) electrons. The van der Waals surface area contributed by atoms with Gasteiger partial charge in [0.25, 0.3) is 0 Å². The fourth-order valence-electron chi connectivity index (χ4n) is 2.06. The normalized spacial score (nSPS) is 11.2. The molecule has 0 unspecified atom stereocenters. The van der Waals surface area contributed by atoms with E-state index >= 15 is 0 Å². The molecule has 0 heterocycles. The van der Waals surface area contributed by atoms with Gasteiger partial charge < -0.3 is 23.8 Å². The highest BCUT2D eigenvalue weighted by Gasteiger charge is 2.18. The van der Waals surface area contributed by atoms with E-state index in [0.717, 1.165) is 0 Å². The van der Waals surface area contributed by atoms with Crippen LogP contribution in [0.25, 0.3) is 0 Å². The fraction of sp³-hybridized carbons (Fsp3) is 0.524. The van der Waals surface area contributed by atoms with Gasteiger partial charge in [0, 0.05) is 5.92 Å². The number of nitrogens with zero attached hydrogens (tertiary/aromatic N) is 3. The van der Waals surface area contributed by atoms with Gasteiger partial charge in [-0.15, -0.1) is 26.3 Å². The third kappa shape index (κ3) is 12.7. The average Bonchev–Trinajstić information content (AvgIpc) is 2.70. The van der Waals surface area contributed by atoms with E-state index in [-0.39, 0.29) is 38.8 Å². The largest absolute Gasteiger partial charge is 0.357 e. The first-order valence-electron chi connectivity index (χ1n) is 9.43. The quantitative estimate of drug-likeness (QED) is 0.131. The van der Waals surface area contributed by atoms with Crippen molar-refractivity contribution in [1.29, 1.82) is 5.41 Å². The van der Waals surface area contributed by atoms with Crippen LogP contribution < -0.4 is 0 Å². The molecular formula is C21H36N4O4. The van der Waals surface area contributed by atoms with Crippen molar-refractivity contribution in [3.05, 3.63) is 50.6 Å². The number of guanidine groups is 1. The summed E-state index contributed by atoms with van der Waals surface area (Å²) in [6.45, 7) is 20.9. The second-order valence-electron chi connectivity index (χ2n) is 6.18. The second kappa shape index (κ2) is 17.8. The van der Waals surface area contributed by atoms with Gasteiger partial charge in [-0.3, -0.25) is 10.3 Å². The predicted octanol–water partition coefficient (Wildman–Crippen LogP) is 3.22. The molecule has 0 atom stereocenters. The molecule has 0 bridgehead atoms. The second-order valence-corrected chi connectivity index (χ2v) is 6.18. The van der Waals surface area contributed by atoms with Gasteiger partial charge in [-0.05, 0) is 0 Å². The van der Waals surface area contributed by atoms with Crippen molar-refractivity contribution < 1.29 is 18.9 Å². The van der Waals surface area contributed by atoms with Crippen molar-refractivity contribution in [2.24, 2.45) is 10.9 Å². The van der Waals surface area contributed by atoms with Crippen LogP contribution in [-0.2, 0) is 18.9 Å². The minimum absolute atomic E-state index is 0.0132. The lowest BCUT2D eigenvalue weighted by Gasteiger charge is -2.29. The third-order valence-corrected chi connectivity index (χ3v) is 3.29. The first-order valence-corrected chi connectivity index (χ1v) is 9.43. The molecule has 0 aliphatic rings. The van der Waals surface area contributed by atoms with E-state index in [9.17, 15) is 0 Å². The molecular weight excluding hydrogens is 372 g/mol.